The first-order chi connectivity index (χ1) is 6.65. The van der Waals surface area contributed by atoms with Gasteiger partial charge in [0.25, 0.3) is 0 Å². The number of thiophene rings is 1. The number of hydrogen-bond donors (Lipinski definition) is 0. The molecule has 0 saturated heterocycles. The molecule has 0 amide bonds. The molecule has 1 aromatic heterocycles. The summed E-state index contributed by atoms with van der Waals surface area (Å²) < 4.78 is 4.80. The van der Waals surface area contributed by atoms with E-state index in [9.17, 15) is 4.79 Å². The Morgan fingerprint density at radius 2 is 2.29 bits per heavy atom. The summed E-state index contributed by atoms with van der Waals surface area (Å²) in [6, 6.07) is 3.96. The van der Waals surface area contributed by atoms with Crippen molar-refractivity contribution in [2.45, 2.75) is 26.2 Å². The molecule has 0 aliphatic rings. The van der Waals surface area contributed by atoms with Gasteiger partial charge >= 0.3 is 5.97 Å². The fourth-order valence-electron chi connectivity index (χ4n) is 1.43. The summed E-state index contributed by atoms with van der Waals surface area (Å²) in [5.41, 5.74) is 0. The maximum absolute atomic E-state index is 11.5. The normalized spacial score (nSPS) is 12.9. The largest absolute Gasteiger partial charge is 0.469 e. The zero-order valence-electron chi connectivity index (χ0n) is 8.82. The average Bonchev–Trinajstić information content (AvgIpc) is 2.65. The summed E-state index contributed by atoms with van der Waals surface area (Å²) in [6.07, 6.45) is 0.854. The van der Waals surface area contributed by atoms with E-state index >= 15 is 0 Å². The van der Waals surface area contributed by atoms with E-state index in [0.29, 0.717) is 5.92 Å². The second-order valence-electron chi connectivity index (χ2n) is 3.72. The van der Waals surface area contributed by atoms with Crippen LogP contribution in [0.1, 0.15) is 31.1 Å². The van der Waals surface area contributed by atoms with Gasteiger partial charge in [0.1, 0.15) is 0 Å². The minimum absolute atomic E-state index is 0.0833. The lowest BCUT2D eigenvalue weighted by atomic mass is 9.96. The summed E-state index contributed by atoms with van der Waals surface area (Å²) in [6.45, 7) is 4.23. The second-order valence-corrected chi connectivity index (χ2v) is 4.70. The van der Waals surface area contributed by atoms with Crippen LogP contribution >= 0.6 is 11.3 Å². The molecule has 14 heavy (non-hydrogen) atoms. The van der Waals surface area contributed by atoms with Gasteiger partial charge in [-0.15, -0.1) is 11.3 Å². The lowest BCUT2D eigenvalue weighted by molar-refractivity contribution is -0.142. The van der Waals surface area contributed by atoms with Crippen LogP contribution in [0.2, 0.25) is 0 Å². The first-order valence-corrected chi connectivity index (χ1v) is 5.64. The fourth-order valence-corrected chi connectivity index (χ4v) is 2.26. The third-order valence-corrected chi connectivity index (χ3v) is 3.07. The number of esters is 1. The van der Waals surface area contributed by atoms with Crippen molar-refractivity contribution in [2.24, 2.45) is 5.92 Å². The smallest absolute Gasteiger partial charge is 0.313 e. The van der Waals surface area contributed by atoms with Crippen molar-refractivity contribution < 1.29 is 9.53 Å². The number of carbonyl (C=O) groups is 1. The molecule has 0 aliphatic heterocycles. The SMILES string of the molecule is COC(=O)C(CC(C)C)c1cccs1. The van der Waals surface area contributed by atoms with Gasteiger partial charge in [-0.1, -0.05) is 19.9 Å². The Kier molecular flexibility index (Phi) is 4.14. The topological polar surface area (TPSA) is 26.3 Å². The van der Waals surface area contributed by atoms with Crippen LogP contribution in [0.4, 0.5) is 0 Å². The van der Waals surface area contributed by atoms with Crippen molar-refractivity contribution in [2.75, 3.05) is 7.11 Å². The molecule has 3 heteroatoms. The van der Waals surface area contributed by atoms with Crippen molar-refractivity contribution in [3.63, 3.8) is 0 Å². The minimum Gasteiger partial charge on any atom is -0.469 e. The quantitative estimate of drug-likeness (QED) is 0.717. The van der Waals surface area contributed by atoms with Crippen LogP contribution in [0, 0.1) is 5.92 Å². The van der Waals surface area contributed by atoms with E-state index < -0.39 is 0 Å². The molecule has 1 atom stereocenters. The highest BCUT2D eigenvalue weighted by molar-refractivity contribution is 7.10. The van der Waals surface area contributed by atoms with Gasteiger partial charge in [-0.05, 0) is 23.8 Å². The average molecular weight is 212 g/mol. The van der Waals surface area contributed by atoms with Gasteiger partial charge < -0.3 is 4.74 Å². The Hall–Kier alpha value is -0.830. The summed E-state index contributed by atoms with van der Waals surface area (Å²) in [5, 5.41) is 1.99. The Bertz CT molecular complexity index is 277. The van der Waals surface area contributed by atoms with Gasteiger partial charge in [-0.3, -0.25) is 4.79 Å². The molecule has 1 heterocycles. The zero-order chi connectivity index (χ0) is 10.6. The number of carbonyl (C=O) groups excluding carboxylic acids is 1. The Labute approximate surface area is 88.9 Å². The summed E-state index contributed by atoms with van der Waals surface area (Å²) in [4.78, 5) is 12.6. The van der Waals surface area contributed by atoms with Gasteiger partial charge in [0.15, 0.2) is 0 Å². The van der Waals surface area contributed by atoms with E-state index in [-0.39, 0.29) is 11.9 Å². The van der Waals surface area contributed by atoms with Crippen molar-refractivity contribution in [3.8, 4) is 0 Å². The van der Waals surface area contributed by atoms with Crippen molar-refractivity contribution >= 4 is 17.3 Å². The molecule has 0 aromatic carbocycles. The number of methoxy groups -OCH3 is 1. The molecule has 78 valence electrons. The molecule has 0 spiro atoms. The van der Waals surface area contributed by atoms with Crippen LogP contribution in [0.3, 0.4) is 0 Å². The molecule has 0 radical (unpaired) electrons. The highest BCUT2D eigenvalue weighted by Gasteiger charge is 2.23. The lowest BCUT2D eigenvalue weighted by Crippen LogP contribution is -2.15. The highest BCUT2D eigenvalue weighted by atomic mass is 32.1. The van der Waals surface area contributed by atoms with Crippen LogP contribution in [-0.2, 0) is 9.53 Å². The Morgan fingerprint density at radius 3 is 2.71 bits per heavy atom. The predicted molar refractivity (Wildman–Crippen MR) is 58.5 cm³/mol. The van der Waals surface area contributed by atoms with Crippen molar-refractivity contribution in [1.29, 1.82) is 0 Å². The molecule has 2 nitrogen and oxygen atoms in total. The van der Waals surface area contributed by atoms with Crippen LogP contribution in [0.5, 0.6) is 0 Å². The summed E-state index contributed by atoms with van der Waals surface area (Å²) in [7, 11) is 1.45. The molecule has 0 N–H and O–H groups in total. The first-order valence-electron chi connectivity index (χ1n) is 4.76. The number of ether oxygens (including phenoxy) is 1. The van der Waals surface area contributed by atoms with E-state index in [4.69, 9.17) is 4.74 Å². The maximum atomic E-state index is 11.5. The van der Waals surface area contributed by atoms with Crippen LogP contribution in [0.15, 0.2) is 17.5 Å². The third kappa shape index (κ3) is 2.84. The highest BCUT2D eigenvalue weighted by Crippen LogP contribution is 2.28. The van der Waals surface area contributed by atoms with E-state index in [1.54, 1.807) is 11.3 Å². The minimum atomic E-state index is -0.124. The lowest BCUT2D eigenvalue weighted by Gasteiger charge is -2.14. The van der Waals surface area contributed by atoms with Crippen molar-refractivity contribution in [1.82, 2.24) is 0 Å². The molecule has 0 aliphatic carbocycles. The van der Waals surface area contributed by atoms with Crippen LogP contribution < -0.4 is 0 Å². The van der Waals surface area contributed by atoms with Gasteiger partial charge in [-0.2, -0.15) is 0 Å². The molecule has 0 fully saturated rings. The fraction of sp³-hybridized carbons (Fsp3) is 0.545. The molecule has 1 rings (SSSR count). The van der Waals surface area contributed by atoms with E-state index in [1.165, 1.54) is 7.11 Å². The molecular formula is C11H16O2S. The summed E-state index contributed by atoms with van der Waals surface area (Å²) >= 11 is 1.62. The Balaban J connectivity index is 2.77. The zero-order valence-corrected chi connectivity index (χ0v) is 9.64. The molecule has 1 aromatic rings. The number of hydrogen-bond acceptors (Lipinski definition) is 3. The molecular weight excluding hydrogens is 196 g/mol. The van der Waals surface area contributed by atoms with Crippen molar-refractivity contribution in [3.05, 3.63) is 22.4 Å². The van der Waals surface area contributed by atoms with Gasteiger partial charge in [0.2, 0.25) is 0 Å². The Morgan fingerprint density at radius 1 is 1.57 bits per heavy atom. The van der Waals surface area contributed by atoms with Gasteiger partial charge in [-0.25, -0.2) is 0 Å². The molecule has 0 saturated carbocycles. The standard InChI is InChI=1S/C11H16O2S/c1-8(2)7-9(11(12)13-3)10-5-4-6-14-10/h4-6,8-9H,7H2,1-3H3. The summed E-state index contributed by atoms with van der Waals surface area (Å²) in [5.74, 6) is 0.294. The molecule has 1 unspecified atom stereocenters. The van der Waals surface area contributed by atoms with Crippen LogP contribution in [-0.4, -0.2) is 13.1 Å². The van der Waals surface area contributed by atoms with Gasteiger partial charge in [0, 0.05) is 4.88 Å². The second kappa shape index (κ2) is 5.15. The number of rotatable bonds is 4. The third-order valence-electron chi connectivity index (χ3n) is 2.08. The monoisotopic (exact) mass is 212 g/mol. The maximum Gasteiger partial charge on any atom is 0.313 e. The van der Waals surface area contributed by atoms with E-state index in [1.807, 2.05) is 17.5 Å². The van der Waals surface area contributed by atoms with E-state index in [2.05, 4.69) is 13.8 Å². The molecule has 0 bridgehead atoms. The van der Waals surface area contributed by atoms with Gasteiger partial charge in [0.05, 0.1) is 13.0 Å². The van der Waals surface area contributed by atoms with E-state index in [0.717, 1.165) is 11.3 Å². The predicted octanol–water partition coefficient (Wildman–Crippen LogP) is 3.05. The van der Waals surface area contributed by atoms with Crippen LogP contribution in [0.25, 0.3) is 0 Å². The first kappa shape index (κ1) is 11.2.